The van der Waals surface area contributed by atoms with Gasteiger partial charge in [0.25, 0.3) is 0 Å². The maximum atomic E-state index is 11.0. The number of carbonyl (C=O) groups is 2. The summed E-state index contributed by atoms with van der Waals surface area (Å²) in [5.74, 6) is 1.72. The quantitative estimate of drug-likeness (QED) is 0.767. The number of amides is 1. The summed E-state index contributed by atoms with van der Waals surface area (Å²) in [6.07, 6.45) is 3.08. The highest BCUT2D eigenvalue weighted by atomic mass is 16.2. The third-order valence-electron chi connectivity index (χ3n) is 4.04. The van der Waals surface area contributed by atoms with Gasteiger partial charge in [0.15, 0.2) is 0 Å². The van der Waals surface area contributed by atoms with Gasteiger partial charge in [0, 0.05) is 12.0 Å². The summed E-state index contributed by atoms with van der Waals surface area (Å²) in [5, 5.41) is 2.77. The molecule has 0 saturated carbocycles. The van der Waals surface area contributed by atoms with Crippen molar-refractivity contribution in [1.82, 2.24) is 5.32 Å². The van der Waals surface area contributed by atoms with Crippen molar-refractivity contribution in [2.75, 3.05) is 0 Å². The van der Waals surface area contributed by atoms with Gasteiger partial charge in [0.05, 0.1) is 5.92 Å². The van der Waals surface area contributed by atoms with Crippen LogP contribution >= 0.6 is 0 Å². The minimum absolute atomic E-state index is 0.222. The van der Waals surface area contributed by atoms with Crippen molar-refractivity contribution in [2.24, 2.45) is 17.8 Å². The average molecular weight is 255 g/mol. The molecule has 0 aliphatic carbocycles. The van der Waals surface area contributed by atoms with Gasteiger partial charge < -0.3 is 5.32 Å². The van der Waals surface area contributed by atoms with Gasteiger partial charge in [-0.3, -0.25) is 9.59 Å². The first-order valence-corrected chi connectivity index (χ1v) is 7.19. The molecule has 1 aliphatic heterocycles. The van der Waals surface area contributed by atoms with E-state index in [9.17, 15) is 9.59 Å². The summed E-state index contributed by atoms with van der Waals surface area (Å²) in [6, 6.07) is 0.424. The Morgan fingerprint density at radius 1 is 1.28 bits per heavy atom. The van der Waals surface area contributed by atoms with Crippen LogP contribution in [0.3, 0.4) is 0 Å². The largest absolute Gasteiger partial charge is 0.353 e. The second-order valence-electron chi connectivity index (χ2n) is 5.32. The van der Waals surface area contributed by atoms with E-state index in [1.807, 2.05) is 13.8 Å². The third-order valence-corrected chi connectivity index (χ3v) is 4.04. The SMILES string of the molecule is CCC(C)[C@H](CC)C(C)=O.CC[C@@H]1C(=O)N[C@H]1C. The summed E-state index contributed by atoms with van der Waals surface area (Å²) >= 11 is 0. The lowest BCUT2D eigenvalue weighted by molar-refractivity contribution is -0.134. The number of Topliss-reactive ketones (excluding diaryl/α,β-unsaturated/α-hetero) is 1. The number of β-lactam (4-membered cyclic amide) rings is 1. The number of carbonyl (C=O) groups excluding carboxylic acids is 2. The van der Waals surface area contributed by atoms with Gasteiger partial charge in [0.1, 0.15) is 5.78 Å². The first-order chi connectivity index (χ1) is 8.38. The lowest BCUT2D eigenvalue weighted by Gasteiger charge is -2.33. The molecule has 0 aromatic heterocycles. The summed E-state index contributed by atoms with van der Waals surface area (Å²) < 4.78 is 0. The average Bonchev–Trinajstić information content (AvgIpc) is 2.30. The minimum atomic E-state index is 0.222. The zero-order chi connectivity index (χ0) is 14.3. The van der Waals surface area contributed by atoms with Crippen LogP contribution in [-0.2, 0) is 9.59 Å². The Morgan fingerprint density at radius 3 is 1.94 bits per heavy atom. The monoisotopic (exact) mass is 255 g/mol. The van der Waals surface area contributed by atoms with Gasteiger partial charge in [-0.15, -0.1) is 0 Å². The molecule has 3 nitrogen and oxygen atoms in total. The molecule has 18 heavy (non-hydrogen) atoms. The van der Waals surface area contributed by atoms with E-state index in [-0.39, 0.29) is 5.91 Å². The first-order valence-electron chi connectivity index (χ1n) is 7.19. The van der Waals surface area contributed by atoms with Gasteiger partial charge in [-0.1, -0.05) is 34.1 Å². The Bertz CT molecular complexity index is 276. The normalized spacial score (nSPS) is 25.1. The maximum absolute atomic E-state index is 11.0. The van der Waals surface area contributed by atoms with E-state index in [1.54, 1.807) is 6.92 Å². The molecule has 1 rings (SSSR count). The van der Waals surface area contributed by atoms with Gasteiger partial charge in [0.2, 0.25) is 5.91 Å². The zero-order valence-corrected chi connectivity index (χ0v) is 12.7. The van der Waals surface area contributed by atoms with Crippen LogP contribution in [0.1, 0.15) is 60.8 Å². The first kappa shape index (κ1) is 17.1. The van der Waals surface area contributed by atoms with E-state index in [0.29, 0.717) is 29.6 Å². The molecule has 3 heteroatoms. The predicted molar refractivity (Wildman–Crippen MR) is 75.3 cm³/mol. The minimum Gasteiger partial charge on any atom is -0.353 e. The Balaban J connectivity index is 0.000000327. The van der Waals surface area contributed by atoms with Crippen LogP contribution in [0.4, 0.5) is 0 Å². The number of nitrogens with one attached hydrogen (secondary N) is 1. The van der Waals surface area contributed by atoms with Crippen molar-refractivity contribution in [3.05, 3.63) is 0 Å². The van der Waals surface area contributed by atoms with Crippen molar-refractivity contribution in [2.45, 2.75) is 66.8 Å². The Morgan fingerprint density at radius 2 is 1.83 bits per heavy atom. The molecule has 1 unspecified atom stereocenters. The molecular weight excluding hydrogens is 226 g/mol. The molecule has 1 heterocycles. The maximum Gasteiger partial charge on any atom is 0.225 e. The molecule has 0 aromatic carbocycles. The highest BCUT2D eigenvalue weighted by Gasteiger charge is 2.33. The number of hydrogen-bond donors (Lipinski definition) is 1. The summed E-state index contributed by atoms with van der Waals surface area (Å²) in [6.45, 7) is 12.1. The van der Waals surface area contributed by atoms with E-state index in [4.69, 9.17) is 0 Å². The molecule has 0 spiro atoms. The molecule has 1 aliphatic rings. The number of ketones is 1. The van der Waals surface area contributed by atoms with Gasteiger partial charge >= 0.3 is 0 Å². The highest BCUT2D eigenvalue weighted by Crippen LogP contribution is 2.19. The molecule has 1 N–H and O–H groups in total. The molecule has 0 aromatic rings. The van der Waals surface area contributed by atoms with Crippen LogP contribution in [0, 0.1) is 17.8 Å². The Hall–Kier alpha value is -0.860. The van der Waals surface area contributed by atoms with Crippen LogP contribution in [0.15, 0.2) is 0 Å². The molecule has 1 saturated heterocycles. The molecule has 106 valence electrons. The van der Waals surface area contributed by atoms with Gasteiger partial charge in [-0.05, 0) is 32.6 Å². The fourth-order valence-electron chi connectivity index (χ4n) is 2.48. The fraction of sp³-hybridized carbons (Fsp3) is 0.867. The molecular formula is C15H29NO2. The molecule has 1 amide bonds. The predicted octanol–water partition coefficient (Wildman–Crippen LogP) is 3.18. The molecule has 0 bridgehead atoms. The standard InChI is InChI=1S/C9H18O.C6H11NO/c1-5-7(3)9(6-2)8(4)10;1-3-5-4(2)7-6(5)8/h7,9H,5-6H2,1-4H3;4-5H,3H2,1-2H3,(H,7,8)/t7?,9-;4-,5-/m00/s1. The topological polar surface area (TPSA) is 46.2 Å². The van der Waals surface area contributed by atoms with Crippen LogP contribution < -0.4 is 5.32 Å². The van der Waals surface area contributed by atoms with Crippen molar-refractivity contribution in [3.63, 3.8) is 0 Å². The Kier molecular flexibility index (Phi) is 7.88. The van der Waals surface area contributed by atoms with E-state index in [2.05, 4.69) is 26.1 Å². The van der Waals surface area contributed by atoms with Crippen molar-refractivity contribution in [3.8, 4) is 0 Å². The van der Waals surface area contributed by atoms with Crippen LogP contribution in [0.5, 0.6) is 0 Å². The molecule has 1 fully saturated rings. The van der Waals surface area contributed by atoms with Gasteiger partial charge in [-0.2, -0.15) is 0 Å². The summed E-state index contributed by atoms with van der Waals surface area (Å²) in [5.41, 5.74) is 0. The van der Waals surface area contributed by atoms with E-state index < -0.39 is 0 Å². The van der Waals surface area contributed by atoms with E-state index >= 15 is 0 Å². The van der Waals surface area contributed by atoms with E-state index in [0.717, 1.165) is 19.3 Å². The van der Waals surface area contributed by atoms with E-state index in [1.165, 1.54) is 0 Å². The second kappa shape index (κ2) is 8.28. The van der Waals surface area contributed by atoms with Crippen molar-refractivity contribution >= 4 is 11.7 Å². The second-order valence-corrected chi connectivity index (χ2v) is 5.32. The van der Waals surface area contributed by atoms with Crippen LogP contribution in [0.2, 0.25) is 0 Å². The molecule has 0 radical (unpaired) electrons. The lowest BCUT2D eigenvalue weighted by atomic mass is 9.87. The smallest absolute Gasteiger partial charge is 0.225 e. The van der Waals surface area contributed by atoms with Crippen molar-refractivity contribution < 1.29 is 9.59 Å². The lowest BCUT2D eigenvalue weighted by Crippen LogP contribution is -2.55. The summed E-state index contributed by atoms with van der Waals surface area (Å²) in [7, 11) is 0. The van der Waals surface area contributed by atoms with Crippen LogP contribution in [0.25, 0.3) is 0 Å². The zero-order valence-electron chi connectivity index (χ0n) is 12.7. The Labute approximate surface area is 112 Å². The van der Waals surface area contributed by atoms with Gasteiger partial charge in [-0.25, -0.2) is 0 Å². The third kappa shape index (κ3) is 4.79. The fourth-order valence-corrected chi connectivity index (χ4v) is 2.48. The number of hydrogen-bond acceptors (Lipinski definition) is 2. The summed E-state index contributed by atoms with van der Waals surface area (Å²) in [4.78, 5) is 21.5. The van der Waals surface area contributed by atoms with Crippen LogP contribution in [-0.4, -0.2) is 17.7 Å². The highest BCUT2D eigenvalue weighted by molar-refractivity contribution is 5.85. The van der Waals surface area contributed by atoms with Crippen molar-refractivity contribution in [1.29, 1.82) is 0 Å². The molecule has 4 atom stereocenters. The number of rotatable bonds is 5.